The van der Waals surface area contributed by atoms with Gasteiger partial charge in [0.1, 0.15) is 13.1 Å². The summed E-state index contributed by atoms with van der Waals surface area (Å²) in [5.41, 5.74) is 5.17. The number of likely N-dealkylation sites (N-methyl/N-ethyl adjacent to an activating group) is 2. The number of nitrogens with zero attached hydrogens (tertiary/aromatic N) is 2. The zero-order valence-corrected chi connectivity index (χ0v) is 26.2. The Morgan fingerprint density at radius 1 is 1.05 bits per heavy atom. The summed E-state index contributed by atoms with van der Waals surface area (Å²) in [4.78, 5) is 35.9. The maximum Gasteiger partial charge on any atom is 0.240 e. The largest absolute Gasteiger partial charge is 0.378 e. The van der Waals surface area contributed by atoms with E-state index in [2.05, 4.69) is 48.5 Å². The van der Waals surface area contributed by atoms with Gasteiger partial charge in [0.25, 0.3) is 0 Å². The van der Waals surface area contributed by atoms with Crippen molar-refractivity contribution >= 4 is 42.1 Å². The Morgan fingerprint density at radius 3 is 2.20 bits per heavy atom. The number of thioether (sulfide) groups is 1. The summed E-state index contributed by atoms with van der Waals surface area (Å²) in [7, 11) is 7.61. The van der Waals surface area contributed by atoms with Gasteiger partial charge in [-0.05, 0) is 42.8 Å². The number of nitrogens with one attached hydrogen (secondary N) is 1. The molecule has 1 aliphatic heterocycles. The van der Waals surface area contributed by atoms with Gasteiger partial charge in [-0.1, -0.05) is 75.4 Å². The molecule has 3 aromatic rings. The van der Waals surface area contributed by atoms with Crippen LogP contribution in [0, 0.1) is 0 Å². The van der Waals surface area contributed by atoms with Gasteiger partial charge in [-0.3, -0.25) is 9.59 Å². The quantitative estimate of drug-likeness (QED) is 0.302. The number of methoxy groups -OCH3 is 1. The minimum absolute atomic E-state index is 0.0177. The van der Waals surface area contributed by atoms with Crippen LogP contribution >= 0.6 is 11.8 Å². The van der Waals surface area contributed by atoms with Crippen LogP contribution in [0.15, 0.2) is 77.7 Å². The Hall–Kier alpha value is -3.46. The van der Waals surface area contributed by atoms with Crippen molar-refractivity contribution in [3.8, 4) is 11.1 Å². The van der Waals surface area contributed by atoms with Crippen LogP contribution in [-0.2, 0) is 14.3 Å². The number of carbonyl (C=O) groups is 3. The fourth-order valence-corrected chi connectivity index (χ4v) is 5.40. The number of ether oxygens (including phenoxy) is 1. The summed E-state index contributed by atoms with van der Waals surface area (Å²) < 4.78 is 5.50. The third-order valence-electron chi connectivity index (χ3n) is 6.39. The van der Waals surface area contributed by atoms with Crippen LogP contribution in [0.5, 0.6) is 0 Å². The first-order valence-electron chi connectivity index (χ1n) is 13.8. The molecular weight excluding hydrogens is 534 g/mol. The lowest BCUT2D eigenvalue weighted by Gasteiger charge is -2.32. The van der Waals surface area contributed by atoms with Crippen molar-refractivity contribution in [3.05, 3.63) is 78.4 Å². The first-order valence-corrected chi connectivity index (χ1v) is 14.7. The Balaban J connectivity index is 0.000000398. The lowest BCUT2D eigenvalue weighted by molar-refractivity contribution is -0.118. The maximum absolute atomic E-state index is 12.3. The Labute approximate surface area is 250 Å². The average Bonchev–Trinajstić information content (AvgIpc) is 3.04. The minimum atomic E-state index is 0.0177. The molecule has 0 spiro atoms. The van der Waals surface area contributed by atoms with Gasteiger partial charge in [0, 0.05) is 50.4 Å². The molecule has 2 unspecified atom stereocenters. The van der Waals surface area contributed by atoms with Crippen LogP contribution in [0.25, 0.3) is 11.1 Å². The molecule has 8 heteroatoms. The van der Waals surface area contributed by atoms with E-state index in [1.165, 1.54) is 10.5 Å². The molecule has 1 aliphatic rings. The molecule has 0 saturated heterocycles. The second-order valence-electron chi connectivity index (χ2n) is 8.97. The predicted octanol–water partition coefficient (Wildman–Crippen LogP) is 6.21. The van der Waals surface area contributed by atoms with Crippen molar-refractivity contribution in [1.82, 2.24) is 5.32 Å². The number of carbonyl (C=O) groups excluding carboxylic acids is 3. The summed E-state index contributed by atoms with van der Waals surface area (Å²) in [6.45, 7) is 9.69. The van der Waals surface area contributed by atoms with E-state index < -0.39 is 0 Å². The molecule has 1 N–H and O–H groups in total. The SMILES string of the molecule is C=O.CC.CCC1Sc2cc(N(C)CC(CNC)OC)ccc2N(C)C1=O.O=Cc1ccc(-c2ccccc2)cc1. The molecule has 0 aliphatic carbocycles. The summed E-state index contributed by atoms with van der Waals surface area (Å²) in [5, 5.41) is 3.17. The topological polar surface area (TPSA) is 79.0 Å². The first-order chi connectivity index (χ1) is 19.9. The molecule has 0 fully saturated rings. The summed E-state index contributed by atoms with van der Waals surface area (Å²) >= 11 is 1.67. The molecule has 222 valence electrons. The van der Waals surface area contributed by atoms with E-state index in [1.54, 1.807) is 23.8 Å². The number of anilines is 2. The molecule has 1 amide bonds. The fourth-order valence-electron chi connectivity index (χ4n) is 4.15. The van der Waals surface area contributed by atoms with Gasteiger partial charge in [-0.25, -0.2) is 0 Å². The van der Waals surface area contributed by atoms with E-state index in [-0.39, 0.29) is 17.3 Å². The van der Waals surface area contributed by atoms with Gasteiger partial charge in [0.15, 0.2) is 0 Å². The van der Waals surface area contributed by atoms with Crippen LogP contribution in [-0.4, -0.2) is 71.7 Å². The third-order valence-corrected chi connectivity index (χ3v) is 7.79. The minimum Gasteiger partial charge on any atom is -0.378 e. The summed E-state index contributed by atoms with van der Waals surface area (Å²) in [6.07, 6.45) is 1.84. The van der Waals surface area contributed by atoms with Gasteiger partial charge in [0.05, 0.1) is 17.0 Å². The molecule has 2 atom stereocenters. The van der Waals surface area contributed by atoms with Crippen LogP contribution in [0.1, 0.15) is 37.6 Å². The Morgan fingerprint density at radius 2 is 1.66 bits per heavy atom. The second-order valence-corrected chi connectivity index (χ2v) is 10.2. The van der Waals surface area contributed by atoms with Crippen molar-refractivity contribution in [2.45, 2.75) is 43.4 Å². The molecule has 4 rings (SSSR count). The van der Waals surface area contributed by atoms with Crippen molar-refractivity contribution < 1.29 is 19.1 Å². The molecule has 1 heterocycles. The normalized spacial score (nSPS) is 14.1. The summed E-state index contributed by atoms with van der Waals surface area (Å²) in [6, 6.07) is 24.0. The highest BCUT2D eigenvalue weighted by Gasteiger charge is 2.30. The number of fused-ring (bicyclic) bond motifs is 1. The smallest absolute Gasteiger partial charge is 0.240 e. The van der Waals surface area contributed by atoms with E-state index >= 15 is 0 Å². The molecule has 0 bridgehead atoms. The highest BCUT2D eigenvalue weighted by Crippen LogP contribution is 2.41. The van der Waals surface area contributed by atoms with Crippen LogP contribution in [0.3, 0.4) is 0 Å². The Kier molecular flexibility index (Phi) is 17.0. The van der Waals surface area contributed by atoms with Crippen molar-refractivity contribution in [2.24, 2.45) is 0 Å². The van der Waals surface area contributed by atoms with Crippen molar-refractivity contribution in [2.75, 3.05) is 51.1 Å². The van der Waals surface area contributed by atoms with Gasteiger partial charge in [-0.2, -0.15) is 0 Å². The lowest BCUT2D eigenvalue weighted by atomic mass is 10.0. The number of rotatable bonds is 9. The molecule has 41 heavy (non-hydrogen) atoms. The monoisotopic (exact) mass is 579 g/mol. The summed E-state index contributed by atoms with van der Waals surface area (Å²) in [5.74, 6) is 0.194. The van der Waals surface area contributed by atoms with E-state index in [0.717, 1.165) is 42.7 Å². The first kappa shape index (κ1) is 35.6. The molecule has 7 nitrogen and oxygen atoms in total. The standard InChI is InChI=1S/C17H27N3O2S.C13H10O.C2H6.CH2O/c1-6-15-17(21)20(4)14-8-7-12(9-16(14)23-15)19(3)11-13(22-5)10-18-2;14-10-11-6-8-13(9-7-11)12-4-2-1-3-5-12;2*1-2/h7-9,13,15,18H,6,10-11H2,1-5H3;1-10H;1-2H3;1H2. The van der Waals surface area contributed by atoms with E-state index in [4.69, 9.17) is 9.53 Å². The maximum atomic E-state index is 12.3. The van der Waals surface area contributed by atoms with Crippen LogP contribution in [0.2, 0.25) is 0 Å². The lowest BCUT2D eigenvalue weighted by Crippen LogP contribution is -2.38. The fraction of sp³-hybridized carbons (Fsp3) is 0.364. The van der Waals surface area contributed by atoms with Crippen LogP contribution in [0.4, 0.5) is 11.4 Å². The zero-order valence-electron chi connectivity index (χ0n) is 25.4. The highest BCUT2D eigenvalue weighted by atomic mass is 32.2. The third kappa shape index (κ3) is 10.5. The molecule has 3 aromatic carbocycles. The zero-order chi connectivity index (χ0) is 30.8. The van der Waals surface area contributed by atoms with Gasteiger partial charge < -0.3 is 24.6 Å². The van der Waals surface area contributed by atoms with Gasteiger partial charge in [0.2, 0.25) is 5.91 Å². The van der Waals surface area contributed by atoms with E-state index in [0.29, 0.717) is 5.56 Å². The number of amides is 1. The highest BCUT2D eigenvalue weighted by molar-refractivity contribution is 8.01. The number of benzene rings is 3. The molecule has 0 aromatic heterocycles. The Bertz CT molecular complexity index is 1170. The molecule has 0 radical (unpaired) electrons. The number of hydrogen-bond acceptors (Lipinski definition) is 7. The second kappa shape index (κ2) is 19.6. The van der Waals surface area contributed by atoms with Crippen LogP contribution < -0.4 is 15.1 Å². The van der Waals surface area contributed by atoms with Gasteiger partial charge in [-0.15, -0.1) is 11.8 Å². The molecule has 0 saturated carbocycles. The van der Waals surface area contributed by atoms with E-state index in [9.17, 15) is 9.59 Å². The molecular formula is C33H45N3O4S. The van der Waals surface area contributed by atoms with Crippen molar-refractivity contribution in [3.63, 3.8) is 0 Å². The predicted molar refractivity (Wildman–Crippen MR) is 174 cm³/mol. The average molecular weight is 580 g/mol. The number of aldehydes is 1. The van der Waals surface area contributed by atoms with Crippen molar-refractivity contribution in [1.29, 1.82) is 0 Å². The number of hydrogen-bond donors (Lipinski definition) is 1. The van der Waals surface area contributed by atoms with Gasteiger partial charge >= 0.3 is 0 Å². The van der Waals surface area contributed by atoms with E-state index in [1.807, 2.05) is 83.3 Å².